The maximum atomic E-state index is 13.3. The first-order valence-electron chi connectivity index (χ1n) is 8.96. The van der Waals surface area contributed by atoms with E-state index in [1.54, 1.807) is 0 Å². The lowest BCUT2D eigenvalue weighted by Crippen LogP contribution is -2.42. The molecule has 2 aromatic carbocycles. The molecule has 1 amide bonds. The minimum absolute atomic E-state index is 0.0512. The first kappa shape index (κ1) is 16.7. The first-order valence-corrected chi connectivity index (χ1v) is 8.96. The predicted octanol–water partition coefficient (Wildman–Crippen LogP) is 4.07. The van der Waals surface area contributed by atoms with Crippen molar-refractivity contribution in [2.45, 2.75) is 20.0 Å². The Morgan fingerprint density at radius 3 is 2.73 bits per heavy atom. The molecule has 4 rings (SSSR count). The molecule has 0 aliphatic carbocycles. The topological polar surface area (TPSA) is 42.4 Å². The van der Waals surface area contributed by atoms with E-state index in [-0.39, 0.29) is 12.0 Å². The Labute approximate surface area is 153 Å². The number of ether oxygens (including phenoxy) is 1. The summed E-state index contributed by atoms with van der Waals surface area (Å²) in [4.78, 5) is 19.8. The number of carbonyl (C=O) groups is 1. The van der Waals surface area contributed by atoms with Crippen LogP contribution in [-0.2, 0) is 4.74 Å². The highest BCUT2D eigenvalue weighted by Gasteiger charge is 2.27. The van der Waals surface area contributed by atoms with Crippen molar-refractivity contribution in [2.24, 2.45) is 0 Å². The summed E-state index contributed by atoms with van der Waals surface area (Å²) in [6, 6.07) is 18.0. The Balaban J connectivity index is 1.67. The average molecular weight is 346 g/mol. The summed E-state index contributed by atoms with van der Waals surface area (Å²) in [5.74, 6) is 0.0512. The number of hydrogen-bond acceptors (Lipinski definition) is 3. The Bertz CT molecular complexity index is 953. The number of morpholine rings is 1. The van der Waals surface area contributed by atoms with Gasteiger partial charge >= 0.3 is 0 Å². The van der Waals surface area contributed by atoms with E-state index in [9.17, 15) is 4.79 Å². The van der Waals surface area contributed by atoms with Gasteiger partial charge < -0.3 is 9.64 Å². The number of pyridine rings is 1. The molecule has 4 heteroatoms. The number of carbonyl (C=O) groups excluding carboxylic acids is 1. The third-order valence-corrected chi connectivity index (χ3v) is 4.92. The highest BCUT2D eigenvalue weighted by atomic mass is 16.5. The summed E-state index contributed by atoms with van der Waals surface area (Å²) in [6.07, 6.45) is -0.0789. The normalized spacial score (nSPS) is 17.5. The van der Waals surface area contributed by atoms with Crippen molar-refractivity contribution in [3.05, 3.63) is 77.0 Å². The monoisotopic (exact) mass is 346 g/mol. The van der Waals surface area contributed by atoms with Gasteiger partial charge in [-0.25, -0.2) is 0 Å². The van der Waals surface area contributed by atoms with Gasteiger partial charge in [-0.05, 0) is 31.0 Å². The Hall–Kier alpha value is -2.72. The molecule has 0 unspecified atom stereocenters. The summed E-state index contributed by atoms with van der Waals surface area (Å²) in [6.45, 7) is 5.69. The van der Waals surface area contributed by atoms with Crippen LogP contribution in [0.5, 0.6) is 0 Å². The van der Waals surface area contributed by atoms with Gasteiger partial charge in [-0.3, -0.25) is 9.78 Å². The predicted molar refractivity (Wildman–Crippen MR) is 102 cm³/mol. The number of rotatable bonds is 2. The van der Waals surface area contributed by atoms with Gasteiger partial charge in [-0.2, -0.15) is 0 Å². The first-order chi connectivity index (χ1) is 12.6. The second-order valence-electron chi connectivity index (χ2n) is 6.80. The average Bonchev–Trinajstić information content (AvgIpc) is 2.68. The number of aryl methyl sites for hydroxylation is 2. The Morgan fingerprint density at radius 2 is 1.92 bits per heavy atom. The molecule has 0 bridgehead atoms. The maximum absolute atomic E-state index is 13.3. The molecule has 0 spiro atoms. The number of para-hydroxylation sites is 1. The van der Waals surface area contributed by atoms with Crippen molar-refractivity contribution in [1.82, 2.24) is 9.88 Å². The quantitative estimate of drug-likeness (QED) is 0.702. The number of hydrogen-bond donors (Lipinski definition) is 0. The highest BCUT2D eigenvalue weighted by Crippen LogP contribution is 2.26. The number of benzene rings is 2. The Kier molecular flexibility index (Phi) is 4.43. The number of nitrogens with zero attached hydrogens (tertiary/aromatic N) is 2. The van der Waals surface area contributed by atoms with E-state index in [2.05, 4.69) is 4.98 Å². The van der Waals surface area contributed by atoms with Crippen molar-refractivity contribution >= 4 is 16.8 Å². The van der Waals surface area contributed by atoms with Gasteiger partial charge in [0, 0.05) is 17.6 Å². The van der Waals surface area contributed by atoms with Crippen molar-refractivity contribution < 1.29 is 9.53 Å². The van der Waals surface area contributed by atoms with Gasteiger partial charge in [-0.15, -0.1) is 0 Å². The zero-order valence-electron chi connectivity index (χ0n) is 15.1. The molecular weight excluding hydrogens is 324 g/mol. The van der Waals surface area contributed by atoms with Gasteiger partial charge in [0.15, 0.2) is 0 Å². The smallest absolute Gasteiger partial charge is 0.254 e. The molecule has 1 aliphatic heterocycles. The van der Waals surface area contributed by atoms with E-state index < -0.39 is 0 Å². The molecule has 1 aromatic heterocycles. The van der Waals surface area contributed by atoms with Gasteiger partial charge in [0.25, 0.3) is 5.91 Å². The van der Waals surface area contributed by atoms with E-state index in [1.165, 1.54) is 0 Å². The number of aromatic nitrogens is 1. The van der Waals surface area contributed by atoms with Crippen molar-refractivity contribution in [3.8, 4) is 0 Å². The highest BCUT2D eigenvalue weighted by molar-refractivity contribution is 6.06. The molecular formula is C22H22N2O2. The lowest BCUT2D eigenvalue weighted by Gasteiger charge is -2.33. The van der Waals surface area contributed by atoms with Crippen LogP contribution in [0.4, 0.5) is 0 Å². The molecule has 1 atom stereocenters. The zero-order chi connectivity index (χ0) is 18.1. The second-order valence-corrected chi connectivity index (χ2v) is 6.80. The third kappa shape index (κ3) is 3.08. The van der Waals surface area contributed by atoms with Crippen LogP contribution in [0.15, 0.2) is 54.6 Å². The van der Waals surface area contributed by atoms with Crippen LogP contribution in [0.25, 0.3) is 10.9 Å². The van der Waals surface area contributed by atoms with Crippen LogP contribution in [0.2, 0.25) is 0 Å². The molecule has 0 radical (unpaired) electrons. The summed E-state index contributed by atoms with van der Waals surface area (Å²) in [5, 5.41) is 0.920. The summed E-state index contributed by atoms with van der Waals surface area (Å²) >= 11 is 0. The standard InChI is InChI=1S/C22H22N2O2/c1-15-7-6-10-18-19(13-16(2)23-21(15)18)22(25)24-11-12-26-20(14-24)17-8-4-3-5-9-17/h3-10,13,20H,11-12,14H2,1-2H3/t20-/m0/s1. The number of fused-ring (bicyclic) bond motifs is 1. The van der Waals surface area contributed by atoms with Crippen LogP contribution in [0.3, 0.4) is 0 Å². The molecule has 132 valence electrons. The van der Waals surface area contributed by atoms with Crippen LogP contribution < -0.4 is 0 Å². The molecule has 26 heavy (non-hydrogen) atoms. The van der Waals surface area contributed by atoms with Crippen LogP contribution in [0, 0.1) is 13.8 Å². The minimum atomic E-state index is -0.0789. The third-order valence-electron chi connectivity index (χ3n) is 4.92. The largest absolute Gasteiger partial charge is 0.370 e. The van der Waals surface area contributed by atoms with Crippen molar-refractivity contribution in [1.29, 1.82) is 0 Å². The van der Waals surface area contributed by atoms with Crippen molar-refractivity contribution in [3.63, 3.8) is 0 Å². The lowest BCUT2D eigenvalue weighted by atomic mass is 10.0. The maximum Gasteiger partial charge on any atom is 0.254 e. The minimum Gasteiger partial charge on any atom is -0.370 e. The molecule has 4 nitrogen and oxygen atoms in total. The fraction of sp³-hybridized carbons (Fsp3) is 0.273. The van der Waals surface area contributed by atoms with Crippen LogP contribution in [-0.4, -0.2) is 35.5 Å². The molecule has 0 saturated carbocycles. The molecule has 3 aromatic rings. The summed E-state index contributed by atoms with van der Waals surface area (Å²) in [5.41, 5.74) is 4.69. The lowest BCUT2D eigenvalue weighted by molar-refractivity contribution is -0.0227. The van der Waals surface area contributed by atoms with Gasteiger partial charge in [-0.1, -0.05) is 48.5 Å². The van der Waals surface area contributed by atoms with E-state index in [4.69, 9.17) is 4.74 Å². The van der Waals surface area contributed by atoms with Crippen molar-refractivity contribution in [2.75, 3.05) is 19.7 Å². The zero-order valence-corrected chi connectivity index (χ0v) is 15.1. The summed E-state index contributed by atoms with van der Waals surface area (Å²) < 4.78 is 5.90. The molecule has 1 saturated heterocycles. The SMILES string of the molecule is Cc1cc(C(=O)N2CCO[C@H](c3ccccc3)C2)c2cccc(C)c2n1. The molecule has 1 aliphatic rings. The molecule has 1 fully saturated rings. The number of amides is 1. The van der Waals surface area contributed by atoms with E-state index in [1.807, 2.05) is 73.3 Å². The summed E-state index contributed by atoms with van der Waals surface area (Å²) in [7, 11) is 0. The van der Waals surface area contributed by atoms with Gasteiger partial charge in [0.05, 0.1) is 24.2 Å². The van der Waals surface area contributed by atoms with E-state index >= 15 is 0 Å². The Morgan fingerprint density at radius 1 is 1.12 bits per heavy atom. The van der Waals surface area contributed by atoms with Crippen LogP contribution in [0.1, 0.15) is 33.3 Å². The van der Waals surface area contributed by atoms with E-state index in [0.717, 1.165) is 33.3 Å². The fourth-order valence-electron chi connectivity index (χ4n) is 3.57. The van der Waals surface area contributed by atoms with Gasteiger partial charge in [0.2, 0.25) is 0 Å². The van der Waals surface area contributed by atoms with E-state index in [0.29, 0.717) is 19.7 Å². The van der Waals surface area contributed by atoms with Gasteiger partial charge in [0.1, 0.15) is 6.10 Å². The molecule has 2 heterocycles. The van der Waals surface area contributed by atoms with Crippen LogP contribution >= 0.6 is 0 Å². The molecule has 0 N–H and O–H groups in total. The second kappa shape index (κ2) is 6.89. The fourth-order valence-corrected chi connectivity index (χ4v) is 3.57.